The van der Waals surface area contributed by atoms with E-state index in [1.54, 1.807) is 13.0 Å². The molecule has 0 saturated carbocycles. The number of anilines is 2. The smallest absolute Gasteiger partial charge is 0.146 e. The fraction of sp³-hybridized carbons (Fsp3) is 0.267. The van der Waals surface area contributed by atoms with Crippen LogP contribution in [0.25, 0.3) is 0 Å². The van der Waals surface area contributed by atoms with Gasteiger partial charge in [0.15, 0.2) is 0 Å². The molecule has 4 nitrogen and oxygen atoms in total. The van der Waals surface area contributed by atoms with Crippen molar-refractivity contribution in [1.82, 2.24) is 9.97 Å². The van der Waals surface area contributed by atoms with Crippen LogP contribution in [-0.2, 0) is 0 Å². The first-order valence-corrected chi connectivity index (χ1v) is 6.08. The van der Waals surface area contributed by atoms with Crippen molar-refractivity contribution in [1.29, 1.82) is 5.26 Å². The molecule has 0 fully saturated rings. The molecule has 0 N–H and O–H groups in total. The molecule has 96 valence electrons. The summed E-state index contributed by atoms with van der Waals surface area (Å²) in [6.07, 6.45) is 0. The third kappa shape index (κ3) is 2.71. The number of benzene rings is 1. The second-order valence-corrected chi connectivity index (χ2v) is 4.60. The third-order valence-electron chi connectivity index (χ3n) is 3.16. The average Bonchev–Trinajstić information content (AvgIpc) is 2.40. The Kier molecular flexibility index (Phi) is 3.48. The van der Waals surface area contributed by atoms with Gasteiger partial charge in [-0.2, -0.15) is 5.26 Å². The Morgan fingerprint density at radius 2 is 1.79 bits per heavy atom. The molecular formula is C15H16N4. The Morgan fingerprint density at radius 1 is 1.05 bits per heavy atom. The van der Waals surface area contributed by atoms with E-state index >= 15 is 0 Å². The van der Waals surface area contributed by atoms with Crippen molar-refractivity contribution in [3.8, 4) is 6.07 Å². The van der Waals surface area contributed by atoms with Gasteiger partial charge in [-0.3, -0.25) is 0 Å². The summed E-state index contributed by atoms with van der Waals surface area (Å²) in [6, 6.07) is 9.99. The molecule has 0 unspecified atom stereocenters. The predicted molar refractivity (Wildman–Crippen MR) is 75.5 cm³/mol. The molecule has 1 aromatic carbocycles. The summed E-state index contributed by atoms with van der Waals surface area (Å²) >= 11 is 0. The Hall–Kier alpha value is -2.41. The standard InChI is InChI=1S/C15H16N4/c1-10-5-6-14(7-11(10)2)19(4)15-8-13(9-16)17-12(3)18-15/h5-8H,1-4H3. The molecule has 2 rings (SSSR count). The molecule has 0 spiro atoms. The van der Waals surface area contributed by atoms with E-state index in [1.165, 1.54) is 11.1 Å². The first-order chi connectivity index (χ1) is 9.01. The molecule has 0 radical (unpaired) electrons. The first-order valence-electron chi connectivity index (χ1n) is 6.08. The lowest BCUT2D eigenvalue weighted by molar-refractivity contribution is 0.999. The number of hydrogen-bond donors (Lipinski definition) is 0. The van der Waals surface area contributed by atoms with Crippen LogP contribution in [0.5, 0.6) is 0 Å². The van der Waals surface area contributed by atoms with Gasteiger partial charge in [-0.1, -0.05) is 6.07 Å². The van der Waals surface area contributed by atoms with Crippen molar-refractivity contribution in [2.24, 2.45) is 0 Å². The maximum atomic E-state index is 8.96. The van der Waals surface area contributed by atoms with Gasteiger partial charge in [0, 0.05) is 18.8 Å². The van der Waals surface area contributed by atoms with Crippen LogP contribution in [0.4, 0.5) is 11.5 Å². The quantitative estimate of drug-likeness (QED) is 0.824. The van der Waals surface area contributed by atoms with Crippen molar-refractivity contribution in [2.75, 3.05) is 11.9 Å². The molecule has 4 heteroatoms. The minimum Gasteiger partial charge on any atom is -0.329 e. The third-order valence-corrected chi connectivity index (χ3v) is 3.16. The normalized spacial score (nSPS) is 10.1. The zero-order valence-corrected chi connectivity index (χ0v) is 11.6. The highest BCUT2D eigenvalue weighted by Crippen LogP contribution is 2.24. The van der Waals surface area contributed by atoms with Crippen molar-refractivity contribution in [3.05, 3.63) is 46.9 Å². The number of rotatable bonds is 2. The second-order valence-electron chi connectivity index (χ2n) is 4.60. The van der Waals surface area contributed by atoms with E-state index in [9.17, 15) is 0 Å². The van der Waals surface area contributed by atoms with Crippen LogP contribution in [0.1, 0.15) is 22.6 Å². The molecule has 0 aliphatic carbocycles. The van der Waals surface area contributed by atoms with E-state index in [1.807, 2.05) is 18.0 Å². The number of hydrogen-bond acceptors (Lipinski definition) is 4. The zero-order chi connectivity index (χ0) is 14.0. The van der Waals surface area contributed by atoms with E-state index in [0.717, 1.165) is 11.5 Å². The van der Waals surface area contributed by atoms with Crippen molar-refractivity contribution in [3.63, 3.8) is 0 Å². The fourth-order valence-electron chi connectivity index (χ4n) is 1.85. The van der Waals surface area contributed by atoms with Crippen LogP contribution in [0.2, 0.25) is 0 Å². The lowest BCUT2D eigenvalue weighted by Gasteiger charge is -2.19. The summed E-state index contributed by atoms with van der Waals surface area (Å²) in [5.41, 5.74) is 3.92. The van der Waals surface area contributed by atoms with Crippen LogP contribution in [0, 0.1) is 32.1 Å². The molecule has 0 aliphatic heterocycles. The molecule has 0 atom stereocenters. The fourth-order valence-corrected chi connectivity index (χ4v) is 1.85. The molecule has 1 heterocycles. The topological polar surface area (TPSA) is 52.8 Å². The monoisotopic (exact) mass is 252 g/mol. The van der Waals surface area contributed by atoms with E-state index in [-0.39, 0.29) is 0 Å². The summed E-state index contributed by atoms with van der Waals surface area (Å²) in [6.45, 7) is 5.96. The van der Waals surface area contributed by atoms with Gasteiger partial charge in [0.25, 0.3) is 0 Å². The van der Waals surface area contributed by atoms with Crippen LogP contribution < -0.4 is 4.90 Å². The molecule has 19 heavy (non-hydrogen) atoms. The Bertz CT molecular complexity index is 656. The van der Waals surface area contributed by atoms with Gasteiger partial charge in [-0.05, 0) is 44.0 Å². The number of nitriles is 1. The summed E-state index contributed by atoms with van der Waals surface area (Å²) in [4.78, 5) is 10.4. The van der Waals surface area contributed by atoms with Crippen molar-refractivity contribution < 1.29 is 0 Å². The maximum Gasteiger partial charge on any atom is 0.146 e. The molecule has 0 bridgehead atoms. The number of aromatic nitrogens is 2. The highest BCUT2D eigenvalue weighted by atomic mass is 15.2. The minimum atomic E-state index is 0.387. The Morgan fingerprint density at radius 3 is 2.42 bits per heavy atom. The largest absolute Gasteiger partial charge is 0.329 e. The van der Waals surface area contributed by atoms with Crippen molar-refractivity contribution in [2.45, 2.75) is 20.8 Å². The van der Waals surface area contributed by atoms with E-state index in [2.05, 4.69) is 42.0 Å². The lowest BCUT2D eigenvalue weighted by Crippen LogP contribution is -2.13. The minimum absolute atomic E-state index is 0.387. The molecule has 0 saturated heterocycles. The van der Waals surface area contributed by atoms with Crippen LogP contribution >= 0.6 is 0 Å². The van der Waals surface area contributed by atoms with Gasteiger partial charge < -0.3 is 4.90 Å². The SMILES string of the molecule is Cc1nc(C#N)cc(N(C)c2ccc(C)c(C)c2)n1. The predicted octanol–water partition coefficient (Wildman–Crippen LogP) is 3.04. The van der Waals surface area contributed by atoms with Crippen LogP contribution in [0.3, 0.4) is 0 Å². The number of aryl methyl sites for hydroxylation is 3. The molecule has 1 aromatic heterocycles. The van der Waals surface area contributed by atoms with Crippen molar-refractivity contribution >= 4 is 11.5 Å². The summed E-state index contributed by atoms with van der Waals surface area (Å²) < 4.78 is 0. The van der Waals surface area contributed by atoms with Gasteiger partial charge in [0.2, 0.25) is 0 Å². The molecule has 2 aromatic rings. The highest BCUT2D eigenvalue weighted by Gasteiger charge is 2.09. The average molecular weight is 252 g/mol. The molecule has 0 amide bonds. The zero-order valence-electron chi connectivity index (χ0n) is 11.6. The van der Waals surface area contributed by atoms with Gasteiger partial charge >= 0.3 is 0 Å². The second kappa shape index (κ2) is 5.07. The summed E-state index contributed by atoms with van der Waals surface area (Å²) in [7, 11) is 1.94. The maximum absolute atomic E-state index is 8.96. The van der Waals surface area contributed by atoms with Gasteiger partial charge in [-0.15, -0.1) is 0 Å². The van der Waals surface area contributed by atoms with Gasteiger partial charge in [-0.25, -0.2) is 9.97 Å². The van der Waals surface area contributed by atoms with Crippen LogP contribution in [0.15, 0.2) is 24.3 Å². The summed E-state index contributed by atoms with van der Waals surface area (Å²) in [5.74, 6) is 1.33. The van der Waals surface area contributed by atoms with E-state index in [0.29, 0.717) is 11.5 Å². The van der Waals surface area contributed by atoms with Gasteiger partial charge in [0.1, 0.15) is 23.4 Å². The van der Waals surface area contributed by atoms with Gasteiger partial charge in [0.05, 0.1) is 0 Å². The van der Waals surface area contributed by atoms with E-state index < -0.39 is 0 Å². The lowest BCUT2D eigenvalue weighted by atomic mass is 10.1. The first kappa shape index (κ1) is 13.0. The summed E-state index contributed by atoms with van der Waals surface area (Å²) in [5, 5.41) is 8.96. The van der Waals surface area contributed by atoms with E-state index in [4.69, 9.17) is 5.26 Å². The Balaban J connectivity index is 2.43. The number of nitrogens with zero attached hydrogens (tertiary/aromatic N) is 4. The van der Waals surface area contributed by atoms with Crippen LogP contribution in [-0.4, -0.2) is 17.0 Å². The highest BCUT2D eigenvalue weighted by molar-refractivity contribution is 5.61. The Labute approximate surface area is 113 Å². The molecular weight excluding hydrogens is 236 g/mol. The molecule has 0 aliphatic rings.